The minimum absolute atomic E-state index is 0.0373. The van der Waals surface area contributed by atoms with Crippen LogP contribution in [0.3, 0.4) is 0 Å². The summed E-state index contributed by atoms with van der Waals surface area (Å²) in [6.45, 7) is 0.494. The number of carboxylic acids is 1. The number of carbonyl (C=O) groups is 2. The highest BCUT2D eigenvalue weighted by atomic mass is 16.7. The van der Waals surface area contributed by atoms with Gasteiger partial charge in [-0.3, -0.25) is 9.22 Å². The average molecular weight is 537 g/mol. The van der Waals surface area contributed by atoms with Crippen LogP contribution >= 0.6 is 0 Å². The second-order valence-electron chi connectivity index (χ2n) is 8.61. The first-order valence-corrected chi connectivity index (χ1v) is 11.1. The Kier molecular flexibility index (Phi) is 6.94. The zero-order chi connectivity index (χ0) is 28.2. The monoisotopic (exact) mass is 537 g/mol. The first-order chi connectivity index (χ1) is 17.9. The van der Waals surface area contributed by atoms with E-state index in [1.54, 1.807) is 0 Å². The summed E-state index contributed by atoms with van der Waals surface area (Å²) in [6, 6.07) is 0.997. The maximum absolute atomic E-state index is 13.7. The van der Waals surface area contributed by atoms with E-state index in [-0.39, 0.29) is 28.0 Å². The van der Waals surface area contributed by atoms with E-state index in [0.29, 0.717) is 0 Å². The number of carboxylic acid groups (broad SMARTS) is 1. The number of fused-ring (bicyclic) bond motifs is 2. The molecule has 38 heavy (non-hydrogen) atoms. The number of aliphatic hydroxyl groups excluding tert-OH is 4. The van der Waals surface area contributed by atoms with Gasteiger partial charge in [-0.2, -0.15) is 0 Å². The van der Waals surface area contributed by atoms with Crippen LogP contribution in [0.2, 0.25) is 0 Å². The highest BCUT2D eigenvalue weighted by molar-refractivity contribution is 6.32. The Labute approximate surface area is 213 Å². The van der Waals surface area contributed by atoms with Gasteiger partial charge in [-0.1, -0.05) is 0 Å². The molecule has 1 saturated heterocycles. The van der Waals surface area contributed by atoms with Gasteiger partial charge in [0.2, 0.25) is 17.8 Å². The molecule has 4 rings (SSSR count). The fraction of sp³-hybridized carbons (Fsp3) is 0.375. The highest BCUT2D eigenvalue weighted by Gasteiger charge is 2.48. The number of phenols is 3. The SMILES string of the molecule is COc1c(O)c(OC2OC(CO)C(O)C(O)C2O)c(O)c2c1C(=[O+]C)c1cc(O)c(C(=O)O)c(C)c1C2=O. The number of aromatic carboxylic acids is 1. The molecule has 0 spiro atoms. The van der Waals surface area contributed by atoms with Crippen molar-refractivity contribution >= 4 is 17.5 Å². The highest BCUT2D eigenvalue weighted by Crippen LogP contribution is 2.53. The van der Waals surface area contributed by atoms with Crippen LogP contribution in [0.1, 0.15) is 47.4 Å². The van der Waals surface area contributed by atoms with Crippen molar-refractivity contribution in [1.29, 1.82) is 0 Å². The Balaban J connectivity index is 1.95. The molecule has 0 amide bonds. The lowest BCUT2D eigenvalue weighted by Gasteiger charge is -2.39. The van der Waals surface area contributed by atoms with Crippen molar-refractivity contribution in [1.82, 2.24) is 0 Å². The molecule has 1 aliphatic heterocycles. The van der Waals surface area contributed by atoms with Crippen molar-refractivity contribution in [2.75, 3.05) is 20.8 Å². The Hall–Kier alpha value is -3.95. The number of ketones is 2. The van der Waals surface area contributed by atoms with Crippen molar-refractivity contribution in [3.63, 3.8) is 0 Å². The van der Waals surface area contributed by atoms with Gasteiger partial charge in [0, 0.05) is 5.56 Å². The first-order valence-electron chi connectivity index (χ1n) is 11.1. The van der Waals surface area contributed by atoms with Crippen molar-refractivity contribution < 1.29 is 69.1 Å². The number of aliphatic hydroxyl groups is 4. The number of carbonyl (C=O) groups excluding carboxylic acids is 2. The number of hydrogen-bond acceptors (Lipinski definition) is 12. The molecule has 5 unspecified atom stereocenters. The van der Waals surface area contributed by atoms with E-state index in [2.05, 4.69) is 0 Å². The van der Waals surface area contributed by atoms with Crippen LogP contribution in [0, 0.1) is 6.92 Å². The first kappa shape index (κ1) is 27.1. The molecule has 14 heteroatoms. The van der Waals surface area contributed by atoms with E-state index in [4.69, 9.17) is 18.6 Å². The Morgan fingerprint density at radius 2 is 1.68 bits per heavy atom. The summed E-state index contributed by atoms with van der Waals surface area (Å²) in [5.41, 5.74) is -1.74. The number of methoxy groups -OCH3 is 1. The third kappa shape index (κ3) is 3.81. The van der Waals surface area contributed by atoms with Crippen LogP contribution in [-0.2, 0) is 4.74 Å². The second kappa shape index (κ2) is 9.74. The zero-order valence-corrected chi connectivity index (χ0v) is 20.2. The van der Waals surface area contributed by atoms with Crippen molar-refractivity contribution in [2.45, 2.75) is 37.6 Å². The molecule has 0 bridgehead atoms. The normalized spacial score (nSPS) is 25.6. The minimum atomic E-state index is -1.92. The van der Waals surface area contributed by atoms with Gasteiger partial charge < -0.3 is 55.1 Å². The lowest BCUT2D eigenvalue weighted by molar-refractivity contribution is -0.277. The third-order valence-electron chi connectivity index (χ3n) is 6.55. The van der Waals surface area contributed by atoms with Crippen LogP contribution < -0.4 is 9.47 Å². The molecule has 0 aromatic heterocycles. The molecule has 1 fully saturated rings. The summed E-state index contributed by atoms with van der Waals surface area (Å²) in [5.74, 6) is -6.40. The number of aromatic hydroxyl groups is 3. The average Bonchev–Trinajstić information content (AvgIpc) is 2.86. The van der Waals surface area contributed by atoms with Crippen LogP contribution in [0.25, 0.3) is 0 Å². The number of phenolic OH excluding ortho intramolecular Hbond substituents is 2. The van der Waals surface area contributed by atoms with E-state index in [1.165, 1.54) is 14.0 Å². The summed E-state index contributed by atoms with van der Waals surface area (Å²) < 4.78 is 21.4. The fourth-order valence-electron chi connectivity index (χ4n) is 4.72. The van der Waals surface area contributed by atoms with E-state index in [1.807, 2.05) is 0 Å². The van der Waals surface area contributed by atoms with Gasteiger partial charge in [0.15, 0.2) is 17.3 Å². The molecule has 1 aliphatic carbocycles. The number of ether oxygens (including phenoxy) is 3. The molecule has 2 aromatic carbocycles. The molecule has 0 radical (unpaired) electrons. The van der Waals surface area contributed by atoms with E-state index in [9.17, 15) is 50.4 Å². The van der Waals surface area contributed by atoms with Crippen molar-refractivity contribution in [3.05, 3.63) is 39.4 Å². The van der Waals surface area contributed by atoms with E-state index in [0.717, 1.165) is 13.2 Å². The molecule has 14 nitrogen and oxygen atoms in total. The summed E-state index contributed by atoms with van der Waals surface area (Å²) in [5, 5.41) is 81.7. The summed E-state index contributed by atoms with van der Waals surface area (Å²) in [4.78, 5) is 25.4. The molecule has 1 heterocycles. The molecule has 5 atom stereocenters. The predicted octanol–water partition coefficient (Wildman–Crippen LogP) is -1.06. The maximum atomic E-state index is 13.7. The molecular formula is C24H25O14+. The van der Waals surface area contributed by atoms with Crippen LogP contribution in [-0.4, -0.2) is 110 Å². The molecule has 8 N–H and O–H groups in total. The van der Waals surface area contributed by atoms with Gasteiger partial charge in [0.1, 0.15) is 41.3 Å². The molecule has 0 saturated carbocycles. The lowest BCUT2D eigenvalue weighted by Crippen LogP contribution is -2.60. The Morgan fingerprint density at radius 3 is 2.24 bits per heavy atom. The summed E-state index contributed by atoms with van der Waals surface area (Å²) in [7, 11) is 2.32. The van der Waals surface area contributed by atoms with Gasteiger partial charge >= 0.3 is 11.8 Å². The molecular weight excluding hydrogens is 512 g/mol. The zero-order valence-electron chi connectivity index (χ0n) is 20.2. The van der Waals surface area contributed by atoms with E-state index >= 15 is 0 Å². The summed E-state index contributed by atoms with van der Waals surface area (Å²) in [6.07, 6.45) is -8.71. The lowest BCUT2D eigenvalue weighted by atomic mass is 9.79. The Bertz CT molecular complexity index is 1360. The van der Waals surface area contributed by atoms with Gasteiger partial charge in [-0.25, -0.2) is 4.79 Å². The smallest absolute Gasteiger partial charge is 0.363 e. The minimum Gasteiger partial charge on any atom is -0.507 e. The van der Waals surface area contributed by atoms with Crippen molar-refractivity contribution in [2.24, 2.45) is 0 Å². The van der Waals surface area contributed by atoms with Crippen molar-refractivity contribution in [3.8, 4) is 28.7 Å². The molecule has 2 aliphatic rings. The van der Waals surface area contributed by atoms with Gasteiger partial charge in [-0.15, -0.1) is 0 Å². The largest absolute Gasteiger partial charge is 0.507 e. The third-order valence-corrected chi connectivity index (χ3v) is 6.55. The van der Waals surface area contributed by atoms with Gasteiger partial charge in [0.25, 0.3) is 7.11 Å². The predicted molar refractivity (Wildman–Crippen MR) is 123 cm³/mol. The molecule has 204 valence electrons. The van der Waals surface area contributed by atoms with Gasteiger partial charge in [0.05, 0.1) is 24.8 Å². The van der Waals surface area contributed by atoms with Crippen LogP contribution in [0.5, 0.6) is 28.7 Å². The van der Waals surface area contributed by atoms with E-state index < -0.39 is 88.9 Å². The standard InChI is InChI=1S/C24H24O14/c1-6-10-7(4-8(26)11(6)23(33)34)20(35-2)13-12(15(10)28)16(29)22(19(32)21(13)36-3)38-24-18(31)17(30)14(27)9(5-25)37-24/h4,9,14,17-18,24-25,27,30-31H,5H2,1-3H3,(H3-,26,28,29,32,33,34)/p+1. The number of hydrogen-bond donors (Lipinski definition) is 8. The molecule has 2 aromatic rings. The number of rotatable bonds is 5. The van der Waals surface area contributed by atoms with Crippen LogP contribution in [0.15, 0.2) is 6.07 Å². The van der Waals surface area contributed by atoms with Crippen LogP contribution in [0.4, 0.5) is 0 Å². The number of benzene rings is 2. The van der Waals surface area contributed by atoms with Gasteiger partial charge in [-0.05, 0) is 18.6 Å². The topological polar surface area (TPSA) is 235 Å². The quantitative estimate of drug-likeness (QED) is 0.181. The maximum Gasteiger partial charge on any atom is 0.363 e. The summed E-state index contributed by atoms with van der Waals surface area (Å²) >= 11 is 0. The Morgan fingerprint density at radius 1 is 1.03 bits per heavy atom. The second-order valence-corrected chi connectivity index (χ2v) is 8.61. The fourth-order valence-corrected chi connectivity index (χ4v) is 4.72.